The Hall–Kier alpha value is -1.31. The number of hydrogen-bond acceptors (Lipinski definition) is 1. The number of hydrogen-bond donors (Lipinski definition) is 0. The third-order valence-corrected chi connectivity index (χ3v) is 2.21. The van der Waals surface area contributed by atoms with Gasteiger partial charge >= 0.3 is 0 Å². The van der Waals surface area contributed by atoms with Gasteiger partial charge in [-0.3, -0.25) is 4.98 Å². The monoisotopic (exact) mass is 174 g/mol. The summed E-state index contributed by atoms with van der Waals surface area (Å²) in [5.41, 5.74) is 2.41. The van der Waals surface area contributed by atoms with Crippen molar-refractivity contribution in [2.75, 3.05) is 0 Å². The molecule has 2 nitrogen and oxygen atoms in total. The fraction of sp³-hybridized carbons (Fsp3) is 0.364. The Balaban J connectivity index is 2.56. The van der Waals surface area contributed by atoms with Crippen LogP contribution in [0.5, 0.6) is 0 Å². The predicted molar refractivity (Wildman–Crippen MR) is 53.8 cm³/mol. The van der Waals surface area contributed by atoms with Gasteiger partial charge in [-0.1, -0.05) is 0 Å². The molecule has 2 aliphatic rings. The summed E-state index contributed by atoms with van der Waals surface area (Å²) in [6.45, 7) is 6.55. The normalized spacial score (nSPS) is 12.2. The van der Waals surface area contributed by atoms with Crippen molar-refractivity contribution in [1.82, 2.24) is 9.55 Å². The van der Waals surface area contributed by atoms with Gasteiger partial charge in [0.15, 0.2) is 0 Å². The standard InChI is InChI=1S/C11H14N2/c1-11(2,3)13-7-5-9-4-6-12-10(9)8-13/h4-8H,1-3H3. The van der Waals surface area contributed by atoms with Crippen LogP contribution in [0.2, 0.25) is 0 Å². The molecule has 0 aliphatic carbocycles. The van der Waals surface area contributed by atoms with Gasteiger partial charge in [0.2, 0.25) is 0 Å². The number of fused-ring (bicyclic) bond motifs is 1. The van der Waals surface area contributed by atoms with Crippen LogP contribution in [0.1, 0.15) is 20.8 Å². The third kappa shape index (κ3) is 1.44. The zero-order valence-corrected chi connectivity index (χ0v) is 8.28. The first-order valence-electron chi connectivity index (χ1n) is 4.50. The van der Waals surface area contributed by atoms with Crippen LogP contribution in [0.15, 0.2) is 30.7 Å². The molecule has 0 saturated carbocycles. The Morgan fingerprint density at radius 2 is 2.00 bits per heavy atom. The molecule has 2 heteroatoms. The maximum Gasteiger partial charge on any atom is 0.0865 e. The van der Waals surface area contributed by atoms with Gasteiger partial charge in [0.25, 0.3) is 0 Å². The molecule has 13 heavy (non-hydrogen) atoms. The molecule has 0 aromatic rings. The summed E-state index contributed by atoms with van der Waals surface area (Å²) in [6.07, 6.45) is 6.04. The van der Waals surface area contributed by atoms with Crippen LogP contribution in [-0.2, 0) is 5.54 Å². The molecule has 0 fully saturated rings. The van der Waals surface area contributed by atoms with E-state index in [4.69, 9.17) is 0 Å². The molecule has 68 valence electrons. The van der Waals surface area contributed by atoms with Crippen LogP contribution in [0.4, 0.5) is 0 Å². The van der Waals surface area contributed by atoms with Crippen LogP contribution < -0.4 is 0 Å². The van der Waals surface area contributed by atoms with Crippen molar-refractivity contribution < 1.29 is 0 Å². The van der Waals surface area contributed by atoms with Crippen LogP contribution in [0, 0.1) is 0 Å². The van der Waals surface area contributed by atoms with Crippen LogP contribution >= 0.6 is 0 Å². The van der Waals surface area contributed by atoms with Gasteiger partial charge < -0.3 is 4.57 Å². The molecule has 0 radical (unpaired) electrons. The second-order valence-electron chi connectivity index (χ2n) is 4.31. The summed E-state index contributed by atoms with van der Waals surface area (Å²) in [7, 11) is 0. The Labute approximate surface area is 78.6 Å². The fourth-order valence-corrected chi connectivity index (χ4v) is 1.36. The first kappa shape index (κ1) is 8.30. The van der Waals surface area contributed by atoms with Gasteiger partial charge in [-0.05, 0) is 32.9 Å². The molecule has 0 spiro atoms. The minimum Gasteiger partial charge on any atom is -0.347 e. The van der Waals surface area contributed by atoms with Gasteiger partial charge in [0, 0.05) is 29.7 Å². The summed E-state index contributed by atoms with van der Waals surface area (Å²) < 4.78 is 2.18. The first-order chi connectivity index (χ1) is 6.07. The first-order valence-corrected chi connectivity index (χ1v) is 4.50. The maximum absolute atomic E-state index is 4.27. The molecule has 0 amide bonds. The van der Waals surface area contributed by atoms with Crippen molar-refractivity contribution in [3.05, 3.63) is 30.7 Å². The maximum atomic E-state index is 4.27. The highest BCUT2D eigenvalue weighted by Gasteiger charge is 2.13. The molecule has 2 heterocycles. The fourth-order valence-electron chi connectivity index (χ4n) is 1.36. The minimum absolute atomic E-state index is 0.132. The lowest BCUT2D eigenvalue weighted by Gasteiger charge is -2.23. The van der Waals surface area contributed by atoms with Gasteiger partial charge in [0.1, 0.15) is 0 Å². The number of aromatic nitrogens is 2. The molecule has 0 N–H and O–H groups in total. The van der Waals surface area contributed by atoms with Crippen LogP contribution in [-0.4, -0.2) is 9.55 Å². The largest absolute Gasteiger partial charge is 0.347 e. The molecule has 0 aromatic heterocycles. The molecule has 2 aliphatic heterocycles. The van der Waals surface area contributed by atoms with E-state index < -0.39 is 0 Å². The highest BCUT2D eigenvalue weighted by Crippen LogP contribution is 2.22. The summed E-state index contributed by atoms with van der Waals surface area (Å²) in [5, 5.41) is 0. The zero-order valence-electron chi connectivity index (χ0n) is 8.28. The van der Waals surface area contributed by atoms with Gasteiger partial charge in [-0.2, -0.15) is 0 Å². The summed E-state index contributed by atoms with van der Waals surface area (Å²) in [5.74, 6) is 0. The van der Waals surface area contributed by atoms with E-state index in [1.165, 1.54) is 5.56 Å². The predicted octanol–water partition coefficient (Wildman–Crippen LogP) is 2.74. The van der Waals surface area contributed by atoms with Crippen LogP contribution in [0.25, 0.3) is 11.3 Å². The third-order valence-electron chi connectivity index (χ3n) is 2.21. The van der Waals surface area contributed by atoms with E-state index in [2.05, 4.69) is 48.8 Å². The molecule has 0 saturated heterocycles. The summed E-state index contributed by atoms with van der Waals surface area (Å²) in [6, 6.07) is 4.13. The number of nitrogens with zero attached hydrogens (tertiary/aromatic N) is 2. The second-order valence-corrected chi connectivity index (χ2v) is 4.31. The average Bonchev–Trinajstić information content (AvgIpc) is 2.47. The van der Waals surface area contributed by atoms with Crippen molar-refractivity contribution in [3.63, 3.8) is 0 Å². The van der Waals surface area contributed by atoms with E-state index in [-0.39, 0.29) is 5.54 Å². The van der Waals surface area contributed by atoms with Crippen molar-refractivity contribution in [2.45, 2.75) is 26.3 Å². The highest BCUT2D eigenvalue weighted by atomic mass is 15.0. The quantitative estimate of drug-likeness (QED) is 0.600. The Morgan fingerprint density at radius 3 is 2.69 bits per heavy atom. The SMILES string of the molecule is CC(C)(C)n1ccc2ccnc-2c1. The second kappa shape index (κ2) is 2.59. The van der Waals surface area contributed by atoms with Gasteiger partial charge in [0.05, 0.1) is 5.69 Å². The van der Waals surface area contributed by atoms with Crippen molar-refractivity contribution in [1.29, 1.82) is 0 Å². The Bertz CT molecular complexity index is 382. The van der Waals surface area contributed by atoms with E-state index in [0.29, 0.717) is 0 Å². The van der Waals surface area contributed by atoms with Crippen molar-refractivity contribution in [2.24, 2.45) is 0 Å². The van der Waals surface area contributed by atoms with Gasteiger partial charge in [-0.25, -0.2) is 0 Å². The number of pyridine rings is 1. The average molecular weight is 174 g/mol. The Kier molecular flexibility index (Phi) is 1.65. The molecule has 0 atom stereocenters. The number of rotatable bonds is 0. The van der Waals surface area contributed by atoms with E-state index in [1.807, 2.05) is 12.3 Å². The lowest BCUT2D eigenvalue weighted by molar-refractivity contribution is 0.395. The van der Waals surface area contributed by atoms with Crippen LogP contribution in [0.3, 0.4) is 0 Å². The van der Waals surface area contributed by atoms with Crippen molar-refractivity contribution >= 4 is 0 Å². The molecule has 0 bridgehead atoms. The van der Waals surface area contributed by atoms with E-state index in [9.17, 15) is 0 Å². The topological polar surface area (TPSA) is 17.8 Å². The zero-order chi connectivity index (χ0) is 9.47. The van der Waals surface area contributed by atoms with Gasteiger partial charge in [-0.15, -0.1) is 0 Å². The lowest BCUT2D eigenvalue weighted by Crippen LogP contribution is -2.21. The molecular formula is C11H14N2. The minimum atomic E-state index is 0.132. The van der Waals surface area contributed by atoms with E-state index in [0.717, 1.165) is 5.69 Å². The molecule has 2 rings (SSSR count). The Morgan fingerprint density at radius 1 is 1.23 bits per heavy atom. The van der Waals surface area contributed by atoms with Crippen molar-refractivity contribution in [3.8, 4) is 11.3 Å². The van der Waals surface area contributed by atoms with E-state index >= 15 is 0 Å². The summed E-state index contributed by atoms with van der Waals surface area (Å²) in [4.78, 5) is 4.27. The smallest absolute Gasteiger partial charge is 0.0865 e. The molecule has 0 unspecified atom stereocenters. The molecule has 0 aromatic carbocycles. The lowest BCUT2D eigenvalue weighted by atomic mass is 10.1. The summed E-state index contributed by atoms with van der Waals surface area (Å²) >= 11 is 0. The highest BCUT2D eigenvalue weighted by molar-refractivity contribution is 5.59. The molecular weight excluding hydrogens is 160 g/mol. The van der Waals surface area contributed by atoms with E-state index in [1.54, 1.807) is 0 Å².